The Balaban J connectivity index is 1.52. The molecule has 202 valence electrons. The highest BCUT2D eigenvalue weighted by atomic mass is 32.2. The number of sulfonamides is 1. The van der Waals surface area contributed by atoms with Crippen LogP contribution in [-0.2, 0) is 25.7 Å². The van der Waals surface area contributed by atoms with Crippen molar-refractivity contribution in [2.75, 3.05) is 23.3 Å². The number of nitrogens with one attached hydrogen (secondary N) is 2. The minimum atomic E-state index is -4.61. The van der Waals surface area contributed by atoms with Gasteiger partial charge in [-0.05, 0) is 73.2 Å². The van der Waals surface area contributed by atoms with Crippen LogP contribution in [0.3, 0.4) is 0 Å². The largest absolute Gasteiger partial charge is 0.484 e. The van der Waals surface area contributed by atoms with Crippen LogP contribution in [0.2, 0.25) is 0 Å². The molecule has 3 aromatic rings. The fourth-order valence-corrected chi connectivity index (χ4v) is 4.17. The summed E-state index contributed by atoms with van der Waals surface area (Å²) in [5, 5.41) is 2.61. The summed E-state index contributed by atoms with van der Waals surface area (Å²) in [6.07, 6.45) is -2.93. The second-order valence-electron chi connectivity index (χ2n) is 8.06. The Kier molecular flexibility index (Phi) is 9.35. The normalized spacial score (nSPS) is 11.5. The molecule has 0 spiro atoms. The fourth-order valence-electron chi connectivity index (χ4n) is 3.12. The lowest BCUT2D eigenvalue weighted by atomic mass is 10.2. The second-order valence-corrected chi connectivity index (χ2v) is 9.74. The third-order valence-corrected chi connectivity index (χ3v) is 6.48. The summed E-state index contributed by atoms with van der Waals surface area (Å²) in [6, 6.07) is 15.0. The van der Waals surface area contributed by atoms with Gasteiger partial charge in [-0.15, -0.1) is 0 Å². The maximum absolute atomic E-state index is 12.9. The first-order valence-electron chi connectivity index (χ1n) is 11.5. The Labute approximate surface area is 217 Å². The topological polar surface area (TPSA) is 111 Å². The average Bonchev–Trinajstić information content (AvgIpc) is 2.87. The molecule has 0 saturated carbocycles. The van der Waals surface area contributed by atoms with E-state index in [1.807, 2.05) is 6.92 Å². The maximum atomic E-state index is 12.9. The van der Waals surface area contributed by atoms with Crippen molar-refractivity contribution in [2.24, 2.45) is 0 Å². The summed E-state index contributed by atoms with van der Waals surface area (Å²) in [4.78, 5) is 23.9. The van der Waals surface area contributed by atoms with Gasteiger partial charge in [0.05, 0.1) is 22.6 Å². The fraction of sp³-hybridized carbons (Fsp3) is 0.231. The van der Waals surface area contributed by atoms with Gasteiger partial charge in [-0.1, -0.05) is 19.4 Å². The number of carbonyl (C=O) groups is 2. The average molecular weight is 551 g/mol. The summed E-state index contributed by atoms with van der Waals surface area (Å²) in [7, 11) is -4.17. The van der Waals surface area contributed by atoms with Gasteiger partial charge in [-0.3, -0.25) is 9.52 Å². The van der Waals surface area contributed by atoms with Crippen LogP contribution in [0, 0.1) is 0 Å². The van der Waals surface area contributed by atoms with E-state index < -0.39 is 33.6 Å². The van der Waals surface area contributed by atoms with Gasteiger partial charge >= 0.3 is 12.1 Å². The van der Waals surface area contributed by atoms with Crippen LogP contribution in [0.4, 0.5) is 24.5 Å². The number of hydrogen-bond acceptors (Lipinski definition) is 6. The van der Waals surface area contributed by atoms with E-state index in [4.69, 9.17) is 9.47 Å². The molecule has 0 atom stereocenters. The van der Waals surface area contributed by atoms with E-state index in [1.165, 1.54) is 42.5 Å². The van der Waals surface area contributed by atoms with E-state index in [1.54, 1.807) is 12.1 Å². The van der Waals surface area contributed by atoms with Crippen LogP contribution in [0.15, 0.2) is 77.7 Å². The standard InChI is InChI=1S/C26H25F3N2O6S/c1-2-3-15-36-25(33)18-7-9-20(10-8-18)30-24(32)17-37-22-11-13-23(14-12-22)38(34,35)31-21-6-4-5-19(16-21)26(27,28)29/h4-14,16,31H,2-3,15,17H2,1H3,(H,30,32). The van der Waals surface area contributed by atoms with Crippen molar-refractivity contribution in [3.05, 3.63) is 83.9 Å². The first-order valence-corrected chi connectivity index (χ1v) is 13.0. The monoisotopic (exact) mass is 550 g/mol. The molecule has 0 aliphatic rings. The zero-order valence-corrected chi connectivity index (χ0v) is 21.1. The number of benzene rings is 3. The molecule has 0 saturated heterocycles. The first-order chi connectivity index (χ1) is 18.0. The van der Waals surface area contributed by atoms with E-state index in [-0.39, 0.29) is 22.9 Å². The van der Waals surface area contributed by atoms with Crippen LogP contribution >= 0.6 is 0 Å². The summed E-state index contributed by atoms with van der Waals surface area (Å²) >= 11 is 0. The van der Waals surface area contributed by atoms with Gasteiger partial charge < -0.3 is 14.8 Å². The molecule has 12 heteroatoms. The van der Waals surface area contributed by atoms with Gasteiger partial charge in [-0.25, -0.2) is 13.2 Å². The molecular weight excluding hydrogens is 525 g/mol. The smallest absolute Gasteiger partial charge is 0.416 e. The molecule has 38 heavy (non-hydrogen) atoms. The van der Waals surface area contributed by atoms with Crippen LogP contribution in [0.25, 0.3) is 0 Å². The van der Waals surface area contributed by atoms with Crippen molar-refractivity contribution in [3.8, 4) is 5.75 Å². The number of carbonyl (C=O) groups excluding carboxylic acids is 2. The van der Waals surface area contributed by atoms with Crippen LogP contribution < -0.4 is 14.8 Å². The number of esters is 1. The summed E-state index contributed by atoms with van der Waals surface area (Å²) < 4.78 is 76.3. The minimum absolute atomic E-state index is 0.198. The van der Waals surface area contributed by atoms with Crippen molar-refractivity contribution in [2.45, 2.75) is 30.8 Å². The predicted octanol–water partition coefficient (Wildman–Crippen LogP) is 5.48. The van der Waals surface area contributed by atoms with Gasteiger partial charge in [0.15, 0.2) is 6.61 Å². The Hall–Kier alpha value is -4.06. The minimum Gasteiger partial charge on any atom is -0.484 e. The molecule has 0 aromatic heterocycles. The third kappa shape index (κ3) is 8.23. The molecule has 8 nitrogen and oxygen atoms in total. The van der Waals surface area contributed by atoms with E-state index in [9.17, 15) is 31.2 Å². The van der Waals surface area contributed by atoms with Crippen molar-refractivity contribution in [1.82, 2.24) is 0 Å². The van der Waals surface area contributed by atoms with Gasteiger partial charge in [0.2, 0.25) is 0 Å². The number of unbranched alkanes of at least 4 members (excludes halogenated alkanes) is 1. The number of halogens is 3. The molecule has 0 fully saturated rings. The molecule has 0 bridgehead atoms. The number of alkyl halides is 3. The van der Waals surface area contributed by atoms with Crippen molar-refractivity contribution in [3.63, 3.8) is 0 Å². The van der Waals surface area contributed by atoms with Gasteiger partial charge in [-0.2, -0.15) is 13.2 Å². The highest BCUT2D eigenvalue weighted by Crippen LogP contribution is 2.31. The zero-order chi connectivity index (χ0) is 27.8. The molecule has 1 amide bonds. The number of hydrogen-bond donors (Lipinski definition) is 2. The zero-order valence-electron chi connectivity index (χ0n) is 20.2. The van der Waals surface area contributed by atoms with Crippen LogP contribution in [-0.4, -0.2) is 33.5 Å². The molecule has 0 radical (unpaired) electrons. The lowest BCUT2D eigenvalue weighted by Gasteiger charge is -2.12. The predicted molar refractivity (Wildman–Crippen MR) is 134 cm³/mol. The van der Waals surface area contributed by atoms with Crippen molar-refractivity contribution < 1.29 is 40.7 Å². The summed E-state index contributed by atoms with van der Waals surface area (Å²) in [6.45, 7) is 1.94. The van der Waals surface area contributed by atoms with E-state index in [0.717, 1.165) is 25.0 Å². The quantitative estimate of drug-likeness (QED) is 0.242. The van der Waals surface area contributed by atoms with Crippen molar-refractivity contribution in [1.29, 1.82) is 0 Å². The number of anilines is 2. The summed E-state index contributed by atoms with van der Waals surface area (Å²) in [5.41, 5.74) is -0.433. The van der Waals surface area contributed by atoms with Crippen LogP contribution in [0.1, 0.15) is 35.7 Å². The Morgan fingerprint density at radius 2 is 1.61 bits per heavy atom. The molecule has 3 aromatic carbocycles. The Bertz CT molecular complexity index is 1360. The molecule has 0 aliphatic carbocycles. The SMILES string of the molecule is CCCCOC(=O)c1ccc(NC(=O)COc2ccc(S(=O)(=O)Nc3cccc(C(F)(F)F)c3)cc2)cc1. The highest BCUT2D eigenvalue weighted by molar-refractivity contribution is 7.92. The molecule has 2 N–H and O–H groups in total. The highest BCUT2D eigenvalue weighted by Gasteiger charge is 2.30. The lowest BCUT2D eigenvalue weighted by molar-refractivity contribution is -0.137. The van der Waals surface area contributed by atoms with E-state index in [2.05, 4.69) is 10.0 Å². The molecular formula is C26H25F3N2O6S. The maximum Gasteiger partial charge on any atom is 0.416 e. The molecule has 3 rings (SSSR count). The van der Waals surface area contributed by atoms with Crippen LogP contribution in [0.5, 0.6) is 5.75 Å². The molecule has 0 unspecified atom stereocenters. The number of ether oxygens (including phenoxy) is 2. The van der Waals surface area contributed by atoms with Gasteiger partial charge in [0, 0.05) is 11.4 Å². The van der Waals surface area contributed by atoms with Gasteiger partial charge in [0.25, 0.3) is 15.9 Å². The first kappa shape index (κ1) is 28.5. The molecule has 0 aliphatic heterocycles. The Morgan fingerprint density at radius 3 is 2.24 bits per heavy atom. The second kappa shape index (κ2) is 12.5. The van der Waals surface area contributed by atoms with E-state index >= 15 is 0 Å². The van der Waals surface area contributed by atoms with Crippen molar-refractivity contribution >= 4 is 33.3 Å². The number of rotatable bonds is 11. The lowest BCUT2D eigenvalue weighted by Crippen LogP contribution is -2.20. The molecule has 0 heterocycles. The van der Waals surface area contributed by atoms with E-state index in [0.29, 0.717) is 23.9 Å². The third-order valence-electron chi connectivity index (χ3n) is 5.08. The number of amides is 1. The van der Waals surface area contributed by atoms with Gasteiger partial charge in [0.1, 0.15) is 5.75 Å². The summed E-state index contributed by atoms with van der Waals surface area (Å²) in [5.74, 6) is -0.746. The Morgan fingerprint density at radius 1 is 0.921 bits per heavy atom.